The van der Waals surface area contributed by atoms with Crippen LogP contribution in [0.4, 0.5) is 0 Å². The van der Waals surface area contributed by atoms with Crippen molar-refractivity contribution in [2.24, 2.45) is 0 Å². The van der Waals surface area contributed by atoms with E-state index in [1.807, 2.05) is 12.3 Å². The molecule has 2 aromatic carbocycles. The van der Waals surface area contributed by atoms with Crippen LogP contribution in [0.2, 0.25) is 0 Å². The third-order valence-electron chi connectivity index (χ3n) is 3.24. The SMILES string of the molecule is Cc1c(Br)ccc2c(-c3ccccc3)c(Br)cnc12. The molecule has 3 rings (SSSR count). The molecule has 0 aliphatic heterocycles. The molecule has 0 radical (unpaired) electrons. The smallest absolute Gasteiger partial charge is 0.0749 e. The number of halogens is 2. The second-order valence-electron chi connectivity index (χ2n) is 4.42. The fourth-order valence-electron chi connectivity index (χ4n) is 2.26. The predicted octanol–water partition coefficient (Wildman–Crippen LogP) is 5.74. The van der Waals surface area contributed by atoms with E-state index in [2.05, 4.69) is 80.2 Å². The maximum absolute atomic E-state index is 4.55. The molecule has 94 valence electrons. The summed E-state index contributed by atoms with van der Waals surface area (Å²) in [6.45, 7) is 2.09. The maximum atomic E-state index is 4.55. The lowest BCUT2D eigenvalue weighted by Crippen LogP contribution is -1.90. The number of hydrogen-bond donors (Lipinski definition) is 0. The minimum absolute atomic E-state index is 1.02. The number of nitrogens with zero attached hydrogens (tertiary/aromatic N) is 1. The zero-order chi connectivity index (χ0) is 13.4. The van der Waals surface area contributed by atoms with E-state index in [-0.39, 0.29) is 0 Å². The molecule has 0 spiro atoms. The number of benzene rings is 2. The molecule has 0 bridgehead atoms. The van der Waals surface area contributed by atoms with Crippen molar-refractivity contribution in [1.82, 2.24) is 4.98 Å². The molecule has 19 heavy (non-hydrogen) atoms. The minimum atomic E-state index is 1.02. The van der Waals surface area contributed by atoms with Gasteiger partial charge in [0.15, 0.2) is 0 Å². The summed E-state index contributed by atoms with van der Waals surface area (Å²) < 4.78 is 2.11. The van der Waals surface area contributed by atoms with Gasteiger partial charge in [-0.3, -0.25) is 4.98 Å². The number of rotatable bonds is 1. The Morgan fingerprint density at radius 1 is 0.895 bits per heavy atom. The summed E-state index contributed by atoms with van der Waals surface area (Å²) in [5, 5.41) is 1.17. The molecule has 3 aromatic rings. The zero-order valence-corrected chi connectivity index (χ0v) is 13.5. The molecule has 0 saturated heterocycles. The predicted molar refractivity (Wildman–Crippen MR) is 87.3 cm³/mol. The van der Waals surface area contributed by atoms with Gasteiger partial charge in [-0.05, 0) is 40.0 Å². The summed E-state index contributed by atoms with van der Waals surface area (Å²) in [6, 6.07) is 14.6. The van der Waals surface area contributed by atoms with E-state index >= 15 is 0 Å². The molecular formula is C16H11Br2N. The van der Waals surface area contributed by atoms with E-state index in [0.29, 0.717) is 0 Å². The molecule has 1 heterocycles. The van der Waals surface area contributed by atoms with Crippen molar-refractivity contribution in [3.05, 3.63) is 63.2 Å². The van der Waals surface area contributed by atoms with Crippen LogP contribution in [0.15, 0.2) is 57.6 Å². The van der Waals surface area contributed by atoms with Crippen molar-refractivity contribution in [2.75, 3.05) is 0 Å². The lowest BCUT2D eigenvalue weighted by Gasteiger charge is -2.11. The van der Waals surface area contributed by atoms with Crippen LogP contribution in [0, 0.1) is 6.92 Å². The average molecular weight is 377 g/mol. The summed E-state index contributed by atoms with van der Waals surface area (Å²) in [4.78, 5) is 4.55. The molecule has 0 N–H and O–H groups in total. The monoisotopic (exact) mass is 375 g/mol. The summed E-state index contributed by atoms with van der Waals surface area (Å²) in [6.07, 6.45) is 1.88. The molecule has 1 nitrogen and oxygen atoms in total. The number of aryl methyl sites for hydroxylation is 1. The number of fused-ring (bicyclic) bond motifs is 1. The van der Waals surface area contributed by atoms with Gasteiger partial charge < -0.3 is 0 Å². The van der Waals surface area contributed by atoms with Crippen molar-refractivity contribution < 1.29 is 0 Å². The molecule has 0 amide bonds. The summed E-state index contributed by atoms with van der Waals surface area (Å²) in [5.74, 6) is 0. The Labute approximate surface area is 128 Å². The van der Waals surface area contributed by atoms with Crippen molar-refractivity contribution in [1.29, 1.82) is 0 Å². The minimum Gasteiger partial charge on any atom is -0.255 e. The molecule has 0 saturated carbocycles. The van der Waals surface area contributed by atoms with E-state index in [1.54, 1.807) is 0 Å². The number of aromatic nitrogens is 1. The van der Waals surface area contributed by atoms with Gasteiger partial charge >= 0.3 is 0 Å². The highest BCUT2D eigenvalue weighted by atomic mass is 79.9. The largest absolute Gasteiger partial charge is 0.255 e. The van der Waals surface area contributed by atoms with Crippen molar-refractivity contribution in [2.45, 2.75) is 6.92 Å². The Bertz CT molecular complexity index is 752. The van der Waals surface area contributed by atoms with Gasteiger partial charge in [-0.1, -0.05) is 52.3 Å². The lowest BCUT2D eigenvalue weighted by molar-refractivity contribution is 1.34. The third kappa shape index (κ3) is 2.21. The van der Waals surface area contributed by atoms with E-state index < -0.39 is 0 Å². The standard InChI is InChI=1S/C16H11Br2N/c1-10-13(17)8-7-12-15(11-5-3-2-4-6-11)14(18)9-19-16(10)12/h2-9H,1H3. The van der Waals surface area contributed by atoms with Gasteiger partial charge in [0.2, 0.25) is 0 Å². The van der Waals surface area contributed by atoms with Gasteiger partial charge in [0.25, 0.3) is 0 Å². The second kappa shape index (κ2) is 5.06. The van der Waals surface area contributed by atoms with Gasteiger partial charge in [0, 0.05) is 26.1 Å². The van der Waals surface area contributed by atoms with Crippen LogP contribution >= 0.6 is 31.9 Å². The molecular weight excluding hydrogens is 366 g/mol. The van der Waals surface area contributed by atoms with Gasteiger partial charge in [-0.15, -0.1) is 0 Å². The Morgan fingerprint density at radius 3 is 2.37 bits per heavy atom. The molecule has 0 unspecified atom stereocenters. The van der Waals surface area contributed by atoms with Crippen LogP contribution in [-0.4, -0.2) is 4.98 Å². The van der Waals surface area contributed by atoms with E-state index in [9.17, 15) is 0 Å². The fraction of sp³-hybridized carbons (Fsp3) is 0.0625. The highest BCUT2D eigenvalue weighted by Gasteiger charge is 2.11. The number of hydrogen-bond acceptors (Lipinski definition) is 1. The summed E-state index contributed by atoms with van der Waals surface area (Å²) in [7, 11) is 0. The molecule has 0 atom stereocenters. The van der Waals surface area contributed by atoms with Crippen LogP contribution in [0.3, 0.4) is 0 Å². The van der Waals surface area contributed by atoms with Crippen molar-refractivity contribution >= 4 is 42.8 Å². The molecule has 1 aromatic heterocycles. The quantitative estimate of drug-likeness (QED) is 0.528. The van der Waals surface area contributed by atoms with Gasteiger partial charge in [0.05, 0.1) is 5.52 Å². The Morgan fingerprint density at radius 2 is 1.63 bits per heavy atom. The van der Waals surface area contributed by atoms with Crippen molar-refractivity contribution in [3.63, 3.8) is 0 Å². The topological polar surface area (TPSA) is 12.9 Å². The molecule has 3 heteroatoms. The van der Waals surface area contributed by atoms with Crippen LogP contribution in [0.1, 0.15) is 5.56 Å². The van der Waals surface area contributed by atoms with E-state index in [1.165, 1.54) is 22.1 Å². The first-order valence-corrected chi connectivity index (χ1v) is 7.56. The second-order valence-corrected chi connectivity index (χ2v) is 6.12. The van der Waals surface area contributed by atoms with Crippen LogP contribution < -0.4 is 0 Å². The van der Waals surface area contributed by atoms with Gasteiger partial charge in [-0.2, -0.15) is 0 Å². The highest BCUT2D eigenvalue weighted by molar-refractivity contribution is 9.10. The Kier molecular flexibility index (Phi) is 3.42. The Balaban J connectivity index is 2.42. The molecule has 0 aliphatic rings. The van der Waals surface area contributed by atoms with Crippen LogP contribution in [0.5, 0.6) is 0 Å². The Hall–Kier alpha value is -1.19. The van der Waals surface area contributed by atoms with E-state index in [0.717, 1.165) is 14.5 Å². The molecule has 0 aliphatic carbocycles. The highest BCUT2D eigenvalue weighted by Crippen LogP contribution is 2.36. The first-order valence-electron chi connectivity index (χ1n) is 5.97. The molecule has 0 fully saturated rings. The lowest BCUT2D eigenvalue weighted by atomic mass is 10.00. The van der Waals surface area contributed by atoms with Crippen LogP contribution in [-0.2, 0) is 0 Å². The van der Waals surface area contributed by atoms with Crippen LogP contribution in [0.25, 0.3) is 22.0 Å². The first-order chi connectivity index (χ1) is 9.18. The normalized spacial score (nSPS) is 10.9. The first kappa shape index (κ1) is 12.8. The summed E-state index contributed by atoms with van der Waals surface area (Å²) >= 11 is 7.19. The fourth-order valence-corrected chi connectivity index (χ4v) is 3.12. The van der Waals surface area contributed by atoms with Gasteiger partial charge in [-0.25, -0.2) is 0 Å². The summed E-state index contributed by atoms with van der Waals surface area (Å²) in [5.41, 5.74) is 4.60. The van der Waals surface area contributed by atoms with Gasteiger partial charge in [0.1, 0.15) is 0 Å². The van der Waals surface area contributed by atoms with Crippen molar-refractivity contribution in [3.8, 4) is 11.1 Å². The maximum Gasteiger partial charge on any atom is 0.0749 e. The van der Waals surface area contributed by atoms with E-state index in [4.69, 9.17) is 0 Å². The number of pyridine rings is 1. The average Bonchev–Trinajstić information content (AvgIpc) is 2.44. The zero-order valence-electron chi connectivity index (χ0n) is 10.3. The third-order valence-corrected chi connectivity index (χ3v) is 4.70.